The zero-order chi connectivity index (χ0) is 15.6. The predicted octanol–water partition coefficient (Wildman–Crippen LogP) is 2.51. The summed E-state index contributed by atoms with van der Waals surface area (Å²) >= 11 is 5.88. The fourth-order valence-electron chi connectivity index (χ4n) is 1.82. The number of hydrogen-bond donors (Lipinski definition) is 1. The molecule has 1 atom stereocenters. The molecule has 2 heterocycles. The summed E-state index contributed by atoms with van der Waals surface area (Å²) in [6, 6.07) is 0.861. The van der Waals surface area contributed by atoms with E-state index >= 15 is 0 Å². The van der Waals surface area contributed by atoms with Crippen molar-refractivity contribution in [1.82, 2.24) is 25.6 Å². The number of pyridine rings is 1. The summed E-state index contributed by atoms with van der Waals surface area (Å²) in [6.07, 6.45) is -3.71. The molecular weight excluding hydrogens is 309 g/mol. The minimum Gasteiger partial charge on any atom is -0.358 e. The molecule has 0 aliphatic rings. The van der Waals surface area contributed by atoms with Crippen molar-refractivity contribution in [2.24, 2.45) is 0 Å². The normalized spacial score (nSPS) is 13.2. The van der Waals surface area contributed by atoms with E-state index in [-0.39, 0.29) is 16.8 Å². The molecule has 0 unspecified atom stereocenters. The molecule has 0 radical (unpaired) electrons. The molecule has 6 nitrogen and oxygen atoms in total. The number of aromatic nitrogens is 5. The van der Waals surface area contributed by atoms with Crippen molar-refractivity contribution < 1.29 is 13.2 Å². The summed E-state index contributed by atoms with van der Waals surface area (Å²) < 4.78 is 37.7. The van der Waals surface area contributed by atoms with Crippen molar-refractivity contribution >= 4 is 17.4 Å². The summed E-state index contributed by atoms with van der Waals surface area (Å²) in [5.74, 6) is 0.679. The molecule has 21 heavy (non-hydrogen) atoms. The van der Waals surface area contributed by atoms with E-state index in [0.717, 1.165) is 12.3 Å². The Morgan fingerprint density at radius 2 is 2.14 bits per heavy atom. The molecule has 2 aromatic rings. The number of alkyl halides is 3. The Balaban J connectivity index is 2.14. The average Bonchev–Trinajstić information content (AvgIpc) is 2.91. The fraction of sp³-hybridized carbons (Fsp3) is 0.455. The minimum absolute atomic E-state index is 0.0624. The van der Waals surface area contributed by atoms with Gasteiger partial charge in [0.1, 0.15) is 5.82 Å². The van der Waals surface area contributed by atoms with E-state index in [1.165, 1.54) is 0 Å². The standard InChI is InChI=1S/C11H12ClF3N6/c1-6(9-17-19-20-18-9)5-21(2)10-8(12)3-7(4-16-10)11(13,14)15/h3-4,6H,5H2,1-2H3,(H,17,18,19,20)/t6-/m1/s1. The third-order valence-electron chi connectivity index (χ3n) is 2.86. The third-order valence-corrected chi connectivity index (χ3v) is 3.14. The maximum atomic E-state index is 12.6. The summed E-state index contributed by atoms with van der Waals surface area (Å²) in [5.41, 5.74) is -0.879. The van der Waals surface area contributed by atoms with E-state index in [9.17, 15) is 13.2 Å². The molecule has 0 saturated heterocycles. The number of tetrazole rings is 1. The summed E-state index contributed by atoms with van der Waals surface area (Å²) in [7, 11) is 1.68. The van der Waals surface area contributed by atoms with Crippen LogP contribution in [-0.4, -0.2) is 39.2 Å². The third kappa shape index (κ3) is 3.60. The molecule has 0 aliphatic carbocycles. The molecule has 2 rings (SSSR count). The minimum atomic E-state index is -4.47. The van der Waals surface area contributed by atoms with Gasteiger partial charge < -0.3 is 4.90 Å². The molecule has 0 aliphatic heterocycles. The first-order chi connectivity index (χ1) is 9.79. The molecule has 2 aromatic heterocycles. The Bertz CT molecular complexity index is 601. The fourth-order valence-corrected chi connectivity index (χ4v) is 2.13. The van der Waals surface area contributed by atoms with Crippen LogP contribution in [0.2, 0.25) is 5.02 Å². The first-order valence-electron chi connectivity index (χ1n) is 5.96. The second-order valence-corrected chi connectivity index (χ2v) is 4.99. The maximum absolute atomic E-state index is 12.6. The number of hydrogen-bond acceptors (Lipinski definition) is 5. The van der Waals surface area contributed by atoms with Gasteiger partial charge in [0.05, 0.1) is 10.6 Å². The molecule has 10 heteroatoms. The van der Waals surface area contributed by atoms with Gasteiger partial charge in [0, 0.05) is 25.7 Å². The lowest BCUT2D eigenvalue weighted by molar-refractivity contribution is -0.137. The first-order valence-corrected chi connectivity index (χ1v) is 6.34. The van der Waals surface area contributed by atoms with Crippen LogP contribution in [0.3, 0.4) is 0 Å². The SMILES string of the molecule is C[C@H](CN(C)c1ncc(C(F)(F)F)cc1Cl)c1nn[nH]n1. The second kappa shape index (κ2) is 5.84. The van der Waals surface area contributed by atoms with Crippen LogP contribution in [0.1, 0.15) is 24.2 Å². The predicted molar refractivity (Wildman–Crippen MR) is 70.1 cm³/mol. The number of halogens is 4. The van der Waals surface area contributed by atoms with E-state index in [4.69, 9.17) is 11.6 Å². The van der Waals surface area contributed by atoms with Gasteiger partial charge in [-0.2, -0.15) is 18.4 Å². The molecule has 114 valence electrons. The lowest BCUT2D eigenvalue weighted by atomic mass is 10.1. The van der Waals surface area contributed by atoms with Gasteiger partial charge >= 0.3 is 6.18 Å². The molecule has 0 fully saturated rings. The van der Waals surface area contributed by atoms with Crippen molar-refractivity contribution in [1.29, 1.82) is 0 Å². The Morgan fingerprint density at radius 3 is 2.67 bits per heavy atom. The quantitative estimate of drug-likeness (QED) is 0.937. The van der Waals surface area contributed by atoms with E-state index in [0.29, 0.717) is 12.4 Å². The first kappa shape index (κ1) is 15.5. The lowest BCUT2D eigenvalue weighted by Crippen LogP contribution is -2.25. The van der Waals surface area contributed by atoms with Crippen LogP contribution in [0.4, 0.5) is 19.0 Å². The van der Waals surface area contributed by atoms with Crippen molar-refractivity contribution in [3.05, 3.63) is 28.7 Å². The van der Waals surface area contributed by atoms with E-state index in [1.54, 1.807) is 11.9 Å². The van der Waals surface area contributed by atoms with E-state index < -0.39 is 11.7 Å². The molecule has 1 N–H and O–H groups in total. The molecule has 0 saturated carbocycles. The average molecular weight is 321 g/mol. The van der Waals surface area contributed by atoms with Gasteiger partial charge in [-0.15, -0.1) is 10.2 Å². The van der Waals surface area contributed by atoms with Crippen LogP contribution >= 0.6 is 11.6 Å². The number of aromatic amines is 1. The van der Waals surface area contributed by atoms with E-state index in [1.807, 2.05) is 6.92 Å². The zero-order valence-corrected chi connectivity index (χ0v) is 11.9. The van der Waals surface area contributed by atoms with Gasteiger partial charge in [0.15, 0.2) is 5.82 Å². The number of nitrogens with zero attached hydrogens (tertiary/aromatic N) is 5. The Morgan fingerprint density at radius 1 is 1.43 bits per heavy atom. The monoisotopic (exact) mass is 320 g/mol. The van der Waals surface area contributed by atoms with Gasteiger partial charge in [0.25, 0.3) is 0 Å². The van der Waals surface area contributed by atoms with E-state index in [2.05, 4.69) is 25.6 Å². The van der Waals surface area contributed by atoms with Gasteiger partial charge in [-0.1, -0.05) is 23.7 Å². The Kier molecular flexibility index (Phi) is 4.31. The summed E-state index contributed by atoms with van der Waals surface area (Å²) in [4.78, 5) is 5.43. The number of nitrogens with one attached hydrogen (secondary N) is 1. The highest BCUT2D eigenvalue weighted by molar-refractivity contribution is 6.33. The Hall–Kier alpha value is -1.90. The van der Waals surface area contributed by atoms with Gasteiger partial charge in [-0.25, -0.2) is 4.98 Å². The molecule has 0 spiro atoms. The topological polar surface area (TPSA) is 70.6 Å². The summed E-state index contributed by atoms with van der Waals surface area (Å²) in [5, 5.41) is 13.5. The Labute approximate surface area is 123 Å². The van der Waals surface area contributed by atoms with Crippen molar-refractivity contribution in [3.8, 4) is 0 Å². The summed E-state index contributed by atoms with van der Waals surface area (Å²) in [6.45, 7) is 2.29. The van der Waals surface area contributed by atoms with Crippen LogP contribution in [0.25, 0.3) is 0 Å². The van der Waals surface area contributed by atoms with Gasteiger partial charge in [-0.3, -0.25) is 0 Å². The smallest absolute Gasteiger partial charge is 0.358 e. The van der Waals surface area contributed by atoms with Crippen LogP contribution in [0.5, 0.6) is 0 Å². The van der Waals surface area contributed by atoms with Crippen molar-refractivity contribution in [2.45, 2.75) is 19.0 Å². The lowest BCUT2D eigenvalue weighted by Gasteiger charge is -2.22. The van der Waals surface area contributed by atoms with Crippen LogP contribution in [0, 0.1) is 0 Å². The second-order valence-electron chi connectivity index (χ2n) is 4.58. The van der Waals surface area contributed by atoms with Crippen LogP contribution in [-0.2, 0) is 6.18 Å². The number of rotatable bonds is 4. The van der Waals surface area contributed by atoms with Gasteiger partial charge in [0.2, 0.25) is 0 Å². The molecule has 0 aromatic carbocycles. The maximum Gasteiger partial charge on any atom is 0.417 e. The molecule has 0 amide bonds. The van der Waals surface area contributed by atoms with Crippen molar-refractivity contribution in [3.63, 3.8) is 0 Å². The molecule has 0 bridgehead atoms. The number of likely N-dealkylation sites (N-methyl/N-ethyl adjacent to an activating group) is 1. The number of anilines is 1. The van der Waals surface area contributed by atoms with Crippen LogP contribution < -0.4 is 4.90 Å². The zero-order valence-electron chi connectivity index (χ0n) is 11.2. The highest BCUT2D eigenvalue weighted by Gasteiger charge is 2.32. The highest BCUT2D eigenvalue weighted by Crippen LogP contribution is 2.33. The molecular formula is C11H12ClF3N6. The van der Waals surface area contributed by atoms with Gasteiger partial charge in [-0.05, 0) is 6.07 Å². The highest BCUT2D eigenvalue weighted by atomic mass is 35.5. The van der Waals surface area contributed by atoms with Crippen molar-refractivity contribution in [2.75, 3.05) is 18.5 Å². The van der Waals surface area contributed by atoms with Crippen LogP contribution in [0.15, 0.2) is 12.3 Å². The largest absolute Gasteiger partial charge is 0.417 e. The number of H-pyrrole nitrogens is 1.